The molecule has 0 bridgehead atoms. The monoisotopic (exact) mass is 404 g/mol. The molecule has 5 nitrogen and oxygen atoms in total. The maximum absolute atomic E-state index is 13.8. The van der Waals surface area contributed by atoms with E-state index in [0.29, 0.717) is 37.6 Å². The molecule has 150 valence electrons. The predicted molar refractivity (Wildman–Crippen MR) is 107 cm³/mol. The van der Waals surface area contributed by atoms with Crippen LogP contribution in [0.3, 0.4) is 0 Å². The van der Waals surface area contributed by atoms with Crippen molar-refractivity contribution < 1.29 is 17.6 Å². The maximum Gasteiger partial charge on any atom is 0.256 e. The van der Waals surface area contributed by atoms with Crippen molar-refractivity contribution in [2.24, 2.45) is 0 Å². The van der Waals surface area contributed by atoms with Crippen molar-refractivity contribution in [2.45, 2.75) is 18.7 Å². The number of rotatable bonds is 5. The molecule has 2 aromatic rings. The summed E-state index contributed by atoms with van der Waals surface area (Å²) in [6, 6.07) is 11.4. The van der Waals surface area contributed by atoms with Crippen LogP contribution in [0.1, 0.15) is 21.5 Å². The molecule has 1 aliphatic heterocycles. The standard InChI is InChI=1S/C21H25FN2O3S/c1-16-7-8-17(2)20(15-16)28(26,27)14-13-23-9-11-24(12-10-23)21(25)18-5-3-4-6-19(18)22/h3-8,15H,9-14H2,1-2H3. The number of amides is 1. The number of hydrogen-bond acceptors (Lipinski definition) is 4. The number of carbonyl (C=O) groups is 1. The second-order valence-corrected chi connectivity index (χ2v) is 9.28. The van der Waals surface area contributed by atoms with Crippen LogP contribution >= 0.6 is 0 Å². The first-order chi connectivity index (χ1) is 13.3. The summed E-state index contributed by atoms with van der Waals surface area (Å²) in [5, 5.41) is 0. The van der Waals surface area contributed by atoms with Gasteiger partial charge in [0, 0.05) is 32.7 Å². The zero-order chi connectivity index (χ0) is 20.3. The third-order valence-corrected chi connectivity index (χ3v) is 6.95. The van der Waals surface area contributed by atoms with Gasteiger partial charge in [-0.05, 0) is 43.2 Å². The van der Waals surface area contributed by atoms with Crippen LogP contribution in [-0.4, -0.2) is 62.6 Å². The first kappa shape index (κ1) is 20.5. The van der Waals surface area contributed by atoms with Crippen LogP contribution in [-0.2, 0) is 9.84 Å². The smallest absolute Gasteiger partial charge is 0.256 e. The van der Waals surface area contributed by atoms with Gasteiger partial charge in [0.05, 0.1) is 16.2 Å². The molecule has 1 heterocycles. The Balaban J connectivity index is 1.57. The van der Waals surface area contributed by atoms with E-state index in [0.717, 1.165) is 11.1 Å². The Morgan fingerprint density at radius 3 is 2.39 bits per heavy atom. The molecule has 0 aliphatic carbocycles. The van der Waals surface area contributed by atoms with Gasteiger partial charge in [-0.2, -0.15) is 0 Å². The first-order valence-corrected chi connectivity index (χ1v) is 11.0. The molecule has 0 spiro atoms. The summed E-state index contributed by atoms with van der Waals surface area (Å²) in [5.74, 6) is -0.797. The number of hydrogen-bond donors (Lipinski definition) is 0. The fourth-order valence-electron chi connectivity index (χ4n) is 3.38. The zero-order valence-electron chi connectivity index (χ0n) is 16.2. The van der Waals surface area contributed by atoms with Gasteiger partial charge in [-0.25, -0.2) is 12.8 Å². The SMILES string of the molecule is Cc1ccc(C)c(S(=O)(=O)CCN2CCN(C(=O)c3ccccc3F)CC2)c1. The van der Waals surface area contributed by atoms with Crippen LogP contribution in [0.2, 0.25) is 0 Å². The molecule has 1 amide bonds. The predicted octanol–water partition coefficient (Wildman–Crippen LogP) is 2.67. The number of carbonyl (C=O) groups excluding carboxylic acids is 1. The molecule has 1 aliphatic rings. The van der Waals surface area contributed by atoms with Crippen molar-refractivity contribution in [1.29, 1.82) is 0 Å². The van der Waals surface area contributed by atoms with E-state index in [-0.39, 0.29) is 17.2 Å². The highest BCUT2D eigenvalue weighted by molar-refractivity contribution is 7.91. The summed E-state index contributed by atoms with van der Waals surface area (Å²) in [4.78, 5) is 16.5. The molecule has 0 unspecified atom stereocenters. The average molecular weight is 405 g/mol. The Kier molecular flexibility index (Phi) is 6.15. The molecule has 1 fully saturated rings. The lowest BCUT2D eigenvalue weighted by atomic mass is 10.1. The topological polar surface area (TPSA) is 57.7 Å². The van der Waals surface area contributed by atoms with Gasteiger partial charge in [-0.3, -0.25) is 9.69 Å². The highest BCUT2D eigenvalue weighted by Gasteiger charge is 2.25. The minimum absolute atomic E-state index is 0.0402. The molecule has 28 heavy (non-hydrogen) atoms. The third kappa shape index (κ3) is 4.59. The molecule has 0 saturated carbocycles. The van der Waals surface area contributed by atoms with Crippen molar-refractivity contribution in [2.75, 3.05) is 38.5 Å². The van der Waals surface area contributed by atoms with E-state index in [1.807, 2.05) is 24.0 Å². The van der Waals surface area contributed by atoms with Gasteiger partial charge in [-0.1, -0.05) is 24.3 Å². The van der Waals surface area contributed by atoms with Crippen molar-refractivity contribution in [3.05, 3.63) is 65.0 Å². The molecule has 0 aromatic heterocycles. The minimum Gasteiger partial charge on any atom is -0.336 e. The lowest BCUT2D eigenvalue weighted by Gasteiger charge is -2.34. The normalized spacial score (nSPS) is 15.6. The van der Waals surface area contributed by atoms with E-state index in [1.165, 1.54) is 12.1 Å². The summed E-state index contributed by atoms with van der Waals surface area (Å²) in [7, 11) is -3.36. The van der Waals surface area contributed by atoms with Crippen molar-refractivity contribution >= 4 is 15.7 Å². The minimum atomic E-state index is -3.36. The molecular formula is C21H25FN2O3S. The Morgan fingerprint density at radius 2 is 1.71 bits per heavy atom. The van der Waals surface area contributed by atoms with Gasteiger partial charge in [0.1, 0.15) is 5.82 Å². The van der Waals surface area contributed by atoms with Crippen LogP contribution in [0, 0.1) is 19.7 Å². The lowest BCUT2D eigenvalue weighted by molar-refractivity contribution is 0.0639. The highest BCUT2D eigenvalue weighted by atomic mass is 32.2. The van der Waals surface area contributed by atoms with E-state index in [4.69, 9.17) is 0 Å². The number of halogens is 1. The van der Waals surface area contributed by atoms with Gasteiger partial charge < -0.3 is 4.90 Å². The van der Waals surface area contributed by atoms with E-state index in [1.54, 1.807) is 30.0 Å². The maximum atomic E-state index is 13.8. The second kappa shape index (κ2) is 8.41. The van der Waals surface area contributed by atoms with Gasteiger partial charge in [0.2, 0.25) is 0 Å². The van der Waals surface area contributed by atoms with Crippen molar-refractivity contribution in [3.63, 3.8) is 0 Å². The van der Waals surface area contributed by atoms with Crippen molar-refractivity contribution in [1.82, 2.24) is 9.80 Å². The quantitative estimate of drug-likeness (QED) is 0.769. The lowest BCUT2D eigenvalue weighted by Crippen LogP contribution is -2.49. The average Bonchev–Trinajstić information content (AvgIpc) is 2.68. The molecule has 0 radical (unpaired) electrons. The van der Waals surface area contributed by atoms with Crippen LogP contribution in [0.25, 0.3) is 0 Å². The van der Waals surface area contributed by atoms with E-state index in [9.17, 15) is 17.6 Å². The van der Waals surface area contributed by atoms with Crippen LogP contribution in [0.5, 0.6) is 0 Å². The Hall–Kier alpha value is -2.25. The first-order valence-electron chi connectivity index (χ1n) is 9.34. The summed E-state index contributed by atoms with van der Waals surface area (Å²) >= 11 is 0. The van der Waals surface area contributed by atoms with Crippen LogP contribution in [0.15, 0.2) is 47.4 Å². The summed E-state index contributed by atoms with van der Waals surface area (Å²) in [6.07, 6.45) is 0. The Morgan fingerprint density at radius 1 is 1.04 bits per heavy atom. The van der Waals surface area contributed by atoms with Crippen molar-refractivity contribution in [3.8, 4) is 0 Å². The highest BCUT2D eigenvalue weighted by Crippen LogP contribution is 2.19. The van der Waals surface area contributed by atoms with Gasteiger partial charge in [0.15, 0.2) is 9.84 Å². The van der Waals surface area contributed by atoms with E-state index >= 15 is 0 Å². The molecule has 3 rings (SSSR count). The number of nitrogens with zero attached hydrogens (tertiary/aromatic N) is 2. The number of sulfone groups is 1. The molecule has 7 heteroatoms. The number of piperazine rings is 1. The van der Waals surface area contributed by atoms with Crippen LogP contribution < -0.4 is 0 Å². The molecule has 0 N–H and O–H groups in total. The fraction of sp³-hybridized carbons (Fsp3) is 0.381. The Labute approximate surface area is 165 Å². The zero-order valence-corrected chi connectivity index (χ0v) is 17.0. The third-order valence-electron chi connectivity index (χ3n) is 5.12. The van der Waals surface area contributed by atoms with Crippen LogP contribution in [0.4, 0.5) is 4.39 Å². The van der Waals surface area contributed by atoms with Gasteiger partial charge in [-0.15, -0.1) is 0 Å². The largest absolute Gasteiger partial charge is 0.336 e. The van der Waals surface area contributed by atoms with Gasteiger partial charge in [0.25, 0.3) is 5.91 Å². The Bertz CT molecular complexity index is 967. The summed E-state index contributed by atoms with van der Waals surface area (Å²) in [5.41, 5.74) is 1.75. The number of benzene rings is 2. The fourth-order valence-corrected chi connectivity index (χ4v) is 5.02. The number of aryl methyl sites for hydroxylation is 2. The molecule has 2 aromatic carbocycles. The molecular weight excluding hydrogens is 379 g/mol. The van der Waals surface area contributed by atoms with E-state index < -0.39 is 15.7 Å². The molecule has 1 saturated heterocycles. The van der Waals surface area contributed by atoms with Gasteiger partial charge >= 0.3 is 0 Å². The summed E-state index contributed by atoms with van der Waals surface area (Å²) in [6.45, 7) is 6.15. The second-order valence-electron chi connectivity index (χ2n) is 7.20. The van der Waals surface area contributed by atoms with E-state index in [2.05, 4.69) is 0 Å². The molecule has 0 atom stereocenters. The summed E-state index contributed by atoms with van der Waals surface area (Å²) < 4.78 is 39.2.